The Morgan fingerprint density at radius 2 is 2.17 bits per heavy atom. The van der Waals surface area contributed by atoms with Crippen molar-refractivity contribution in [1.82, 2.24) is 20.4 Å². The van der Waals surface area contributed by atoms with Gasteiger partial charge in [0.2, 0.25) is 0 Å². The van der Waals surface area contributed by atoms with Crippen LogP contribution >= 0.6 is 11.3 Å². The zero-order chi connectivity index (χ0) is 17.1. The van der Waals surface area contributed by atoms with Gasteiger partial charge in [-0.2, -0.15) is 0 Å². The van der Waals surface area contributed by atoms with Gasteiger partial charge in [0.15, 0.2) is 5.69 Å². The summed E-state index contributed by atoms with van der Waals surface area (Å²) in [5.41, 5.74) is 2.10. The molecular weight excluding hydrogens is 324 g/mol. The molecule has 1 amide bonds. The summed E-state index contributed by atoms with van der Waals surface area (Å²) in [6.07, 6.45) is 3.49. The first-order valence-corrected chi connectivity index (χ1v) is 8.56. The first-order chi connectivity index (χ1) is 11.5. The molecule has 24 heavy (non-hydrogen) atoms. The summed E-state index contributed by atoms with van der Waals surface area (Å²) in [6.45, 7) is 5.87. The van der Waals surface area contributed by atoms with Crippen molar-refractivity contribution in [3.05, 3.63) is 52.4 Å². The van der Waals surface area contributed by atoms with Gasteiger partial charge >= 0.3 is 0 Å². The molecule has 0 fully saturated rings. The summed E-state index contributed by atoms with van der Waals surface area (Å²) in [5, 5.41) is 9.51. The molecule has 0 aliphatic heterocycles. The van der Waals surface area contributed by atoms with Gasteiger partial charge in [-0.25, -0.2) is 4.98 Å². The first kappa shape index (κ1) is 16.3. The maximum atomic E-state index is 12.3. The van der Waals surface area contributed by atoms with Crippen molar-refractivity contribution in [2.75, 3.05) is 0 Å². The van der Waals surface area contributed by atoms with Gasteiger partial charge in [-0.05, 0) is 19.1 Å². The monoisotopic (exact) mass is 342 g/mol. The van der Waals surface area contributed by atoms with Gasteiger partial charge in [-0.3, -0.25) is 9.78 Å². The molecule has 1 atom stereocenters. The molecule has 0 aromatic carbocycles. The third kappa shape index (κ3) is 3.51. The molecule has 0 aliphatic carbocycles. The molecular formula is C17H18N4O2S. The number of nitrogens with one attached hydrogen (secondary N) is 1. The quantitative estimate of drug-likeness (QED) is 0.762. The molecule has 0 saturated heterocycles. The Hall–Kier alpha value is -2.54. The molecule has 3 aromatic rings. The van der Waals surface area contributed by atoms with Crippen molar-refractivity contribution in [2.24, 2.45) is 0 Å². The van der Waals surface area contributed by atoms with E-state index in [0.717, 1.165) is 16.3 Å². The lowest BCUT2D eigenvalue weighted by atomic mass is 10.1. The lowest BCUT2D eigenvalue weighted by Gasteiger charge is -2.09. The predicted octanol–water partition coefficient (Wildman–Crippen LogP) is 3.81. The summed E-state index contributed by atoms with van der Waals surface area (Å²) < 4.78 is 5.17. The summed E-state index contributed by atoms with van der Waals surface area (Å²) in [7, 11) is 0. The van der Waals surface area contributed by atoms with Crippen molar-refractivity contribution >= 4 is 17.2 Å². The lowest BCUT2D eigenvalue weighted by molar-refractivity contribution is 0.0930. The Kier molecular flexibility index (Phi) is 4.71. The van der Waals surface area contributed by atoms with Crippen LogP contribution in [0.5, 0.6) is 0 Å². The molecule has 3 rings (SSSR count). The molecule has 3 heterocycles. The number of amides is 1. The van der Waals surface area contributed by atoms with Crippen LogP contribution in [0.3, 0.4) is 0 Å². The molecule has 0 saturated carbocycles. The van der Waals surface area contributed by atoms with Crippen LogP contribution in [0.4, 0.5) is 0 Å². The van der Waals surface area contributed by atoms with E-state index in [0.29, 0.717) is 5.76 Å². The van der Waals surface area contributed by atoms with Crippen molar-refractivity contribution in [3.8, 4) is 11.3 Å². The first-order valence-electron chi connectivity index (χ1n) is 7.68. The van der Waals surface area contributed by atoms with Gasteiger partial charge in [-0.1, -0.05) is 19.0 Å². The third-order valence-corrected chi connectivity index (χ3v) is 4.55. The van der Waals surface area contributed by atoms with Gasteiger partial charge in [0, 0.05) is 35.3 Å². The van der Waals surface area contributed by atoms with Crippen LogP contribution in [0.1, 0.15) is 54.0 Å². The van der Waals surface area contributed by atoms with E-state index in [4.69, 9.17) is 4.52 Å². The van der Waals surface area contributed by atoms with E-state index in [9.17, 15) is 4.79 Å². The van der Waals surface area contributed by atoms with Crippen LogP contribution in [-0.4, -0.2) is 21.0 Å². The second-order valence-corrected chi connectivity index (χ2v) is 6.67. The van der Waals surface area contributed by atoms with Gasteiger partial charge < -0.3 is 9.84 Å². The average Bonchev–Trinajstić information content (AvgIpc) is 3.25. The Morgan fingerprint density at radius 1 is 1.33 bits per heavy atom. The zero-order valence-electron chi connectivity index (χ0n) is 13.7. The number of carbonyl (C=O) groups is 1. The minimum absolute atomic E-state index is 0.192. The second kappa shape index (κ2) is 6.92. The molecule has 6 nitrogen and oxygen atoms in total. The Morgan fingerprint density at radius 3 is 2.83 bits per heavy atom. The van der Waals surface area contributed by atoms with Crippen LogP contribution in [0.25, 0.3) is 11.3 Å². The van der Waals surface area contributed by atoms with E-state index in [-0.39, 0.29) is 23.6 Å². The van der Waals surface area contributed by atoms with Gasteiger partial charge in [-0.15, -0.1) is 11.3 Å². The Balaban J connectivity index is 1.69. The number of thiazole rings is 1. The molecule has 0 unspecified atom stereocenters. The molecule has 124 valence electrons. The SMILES string of the molecule is CC(C)c1cc(C(=O)N[C@H](C)c2nc(-c3cccnc3)cs2)no1. The third-order valence-electron chi connectivity index (χ3n) is 3.53. The van der Waals surface area contributed by atoms with Crippen LogP contribution < -0.4 is 5.32 Å². The van der Waals surface area contributed by atoms with E-state index in [1.54, 1.807) is 18.5 Å². The number of rotatable bonds is 5. The molecule has 0 aliphatic rings. The minimum atomic E-state index is -0.267. The minimum Gasteiger partial charge on any atom is -0.360 e. The number of carbonyl (C=O) groups excluding carboxylic acids is 1. The van der Waals surface area contributed by atoms with E-state index >= 15 is 0 Å². The van der Waals surface area contributed by atoms with E-state index in [2.05, 4.69) is 20.4 Å². The lowest BCUT2D eigenvalue weighted by Crippen LogP contribution is -2.26. The fourth-order valence-corrected chi connectivity index (χ4v) is 2.97. The highest BCUT2D eigenvalue weighted by Crippen LogP contribution is 2.25. The Bertz CT molecular complexity index is 826. The topological polar surface area (TPSA) is 80.9 Å². The summed E-state index contributed by atoms with van der Waals surface area (Å²) >= 11 is 1.50. The average molecular weight is 342 g/mol. The summed E-state index contributed by atoms with van der Waals surface area (Å²) in [5.74, 6) is 0.620. The fourth-order valence-electron chi connectivity index (χ4n) is 2.13. The smallest absolute Gasteiger partial charge is 0.274 e. The normalized spacial score (nSPS) is 12.3. The zero-order valence-corrected chi connectivity index (χ0v) is 14.5. The summed E-state index contributed by atoms with van der Waals surface area (Å²) in [4.78, 5) is 21.0. The van der Waals surface area contributed by atoms with E-state index < -0.39 is 0 Å². The van der Waals surface area contributed by atoms with Crippen molar-refractivity contribution in [1.29, 1.82) is 0 Å². The standard InChI is InChI=1S/C17H18N4O2S/c1-10(2)15-7-13(21-23-15)16(22)19-11(3)17-20-14(9-24-17)12-5-4-6-18-8-12/h4-11H,1-3H3,(H,19,22)/t11-/m1/s1. The highest BCUT2D eigenvalue weighted by Gasteiger charge is 2.19. The van der Waals surface area contributed by atoms with Crippen molar-refractivity contribution in [2.45, 2.75) is 32.7 Å². The van der Waals surface area contributed by atoms with E-state index in [1.807, 2.05) is 38.3 Å². The number of pyridine rings is 1. The number of hydrogen-bond acceptors (Lipinski definition) is 6. The highest BCUT2D eigenvalue weighted by atomic mass is 32.1. The van der Waals surface area contributed by atoms with Crippen LogP contribution in [-0.2, 0) is 0 Å². The highest BCUT2D eigenvalue weighted by molar-refractivity contribution is 7.10. The maximum Gasteiger partial charge on any atom is 0.274 e. The van der Waals surface area contributed by atoms with Crippen molar-refractivity contribution < 1.29 is 9.32 Å². The largest absolute Gasteiger partial charge is 0.360 e. The number of hydrogen-bond donors (Lipinski definition) is 1. The molecule has 1 N–H and O–H groups in total. The van der Waals surface area contributed by atoms with E-state index in [1.165, 1.54) is 11.3 Å². The molecule has 0 spiro atoms. The fraction of sp³-hybridized carbons (Fsp3) is 0.294. The summed E-state index contributed by atoms with van der Waals surface area (Å²) in [6, 6.07) is 5.29. The van der Waals surface area contributed by atoms with Crippen LogP contribution in [0, 0.1) is 0 Å². The maximum absolute atomic E-state index is 12.3. The predicted molar refractivity (Wildman–Crippen MR) is 91.8 cm³/mol. The van der Waals surface area contributed by atoms with Gasteiger partial charge in [0.1, 0.15) is 10.8 Å². The van der Waals surface area contributed by atoms with Crippen LogP contribution in [0.15, 0.2) is 40.5 Å². The Labute approximate surface area is 143 Å². The molecule has 0 radical (unpaired) electrons. The van der Waals surface area contributed by atoms with Gasteiger partial charge in [0.05, 0.1) is 11.7 Å². The molecule has 0 bridgehead atoms. The molecule has 3 aromatic heterocycles. The second-order valence-electron chi connectivity index (χ2n) is 5.78. The number of nitrogens with zero attached hydrogens (tertiary/aromatic N) is 3. The molecule has 7 heteroatoms. The number of aromatic nitrogens is 3. The van der Waals surface area contributed by atoms with Crippen LogP contribution in [0.2, 0.25) is 0 Å². The van der Waals surface area contributed by atoms with Crippen molar-refractivity contribution in [3.63, 3.8) is 0 Å². The van der Waals surface area contributed by atoms with Gasteiger partial charge in [0.25, 0.3) is 5.91 Å².